The molecule has 0 aliphatic heterocycles. The van der Waals surface area contributed by atoms with E-state index >= 15 is 0 Å². The second kappa shape index (κ2) is 8.75. The topological polar surface area (TPSA) is 65.4 Å². The van der Waals surface area contributed by atoms with Gasteiger partial charge in [-0.1, -0.05) is 42.5 Å². The van der Waals surface area contributed by atoms with Crippen molar-refractivity contribution in [1.29, 1.82) is 0 Å². The van der Waals surface area contributed by atoms with Gasteiger partial charge < -0.3 is 14.8 Å². The van der Waals surface area contributed by atoms with Crippen LogP contribution in [0.5, 0.6) is 11.5 Å². The Morgan fingerprint density at radius 1 is 0.935 bits per heavy atom. The van der Waals surface area contributed by atoms with Crippen molar-refractivity contribution in [3.8, 4) is 28.4 Å². The minimum absolute atomic E-state index is 0.274. The Labute approximate surface area is 181 Å². The van der Waals surface area contributed by atoms with Gasteiger partial charge in [0.05, 0.1) is 31.2 Å². The maximum Gasteiger partial charge on any atom is 0.259 e. The van der Waals surface area contributed by atoms with E-state index < -0.39 is 0 Å². The first-order valence-electron chi connectivity index (χ1n) is 9.85. The summed E-state index contributed by atoms with van der Waals surface area (Å²) in [4.78, 5) is 13.3. The third-order valence-electron chi connectivity index (χ3n) is 5.04. The Kier molecular flexibility index (Phi) is 5.71. The van der Waals surface area contributed by atoms with Crippen molar-refractivity contribution >= 4 is 11.6 Å². The maximum absolute atomic E-state index is 13.3. The number of rotatable bonds is 6. The van der Waals surface area contributed by atoms with Crippen molar-refractivity contribution in [2.45, 2.75) is 6.92 Å². The molecule has 0 aliphatic rings. The van der Waals surface area contributed by atoms with Gasteiger partial charge in [-0.3, -0.25) is 4.79 Å². The van der Waals surface area contributed by atoms with E-state index in [9.17, 15) is 4.79 Å². The number of hydrogen-bond acceptors (Lipinski definition) is 4. The molecule has 0 saturated heterocycles. The van der Waals surface area contributed by atoms with Crippen LogP contribution in [0.3, 0.4) is 0 Å². The third-order valence-corrected chi connectivity index (χ3v) is 5.04. The van der Waals surface area contributed by atoms with Crippen LogP contribution in [0, 0.1) is 6.92 Å². The number of nitrogens with zero attached hydrogens (tertiary/aromatic N) is 2. The van der Waals surface area contributed by atoms with Gasteiger partial charge >= 0.3 is 0 Å². The molecule has 1 N–H and O–H groups in total. The van der Waals surface area contributed by atoms with Crippen LogP contribution >= 0.6 is 0 Å². The number of benzene rings is 3. The summed E-state index contributed by atoms with van der Waals surface area (Å²) in [6.07, 6.45) is 1.75. The number of anilines is 1. The standard InChI is InChI=1S/C25H23N3O3/c1-17-9-7-8-12-20(17)24-21(16-28(27-24)18-10-5-4-6-11-18)25(29)26-22-14-13-19(30-2)15-23(22)31-3/h4-16H,1-3H3,(H,26,29). The fourth-order valence-electron chi connectivity index (χ4n) is 3.38. The zero-order valence-electron chi connectivity index (χ0n) is 17.6. The molecule has 0 fully saturated rings. The lowest BCUT2D eigenvalue weighted by molar-refractivity contribution is 0.102. The molecule has 6 nitrogen and oxygen atoms in total. The molecule has 6 heteroatoms. The van der Waals surface area contributed by atoms with E-state index in [-0.39, 0.29) is 5.91 Å². The second-order valence-electron chi connectivity index (χ2n) is 7.01. The van der Waals surface area contributed by atoms with Crippen molar-refractivity contribution in [2.24, 2.45) is 0 Å². The second-order valence-corrected chi connectivity index (χ2v) is 7.01. The summed E-state index contributed by atoms with van der Waals surface area (Å²) < 4.78 is 12.4. The molecule has 1 heterocycles. The number of hydrogen-bond donors (Lipinski definition) is 1. The van der Waals surface area contributed by atoms with E-state index in [0.29, 0.717) is 28.4 Å². The van der Waals surface area contributed by atoms with Crippen LogP contribution in [0.2, 0.25) is 0 Å². The van der Waals surface area contributed by atoms with Crippen LogP contribution in [0.25, 0.3) is 16.9 Å². The zero-order valence-corrected chi connectivity index (χ0v) is 17.6. The summed E-state index contributed by atoms with van der Waals surface area (Å²) in [5.74, 6) is 0.886. The summed E-state index contributed by atoms with van der Waals surface area (Å²) >= 11 is 0. The van der Waals surface area contributed by atoms with E-state index in [1.54, 1.807) is 43.3 Å². The van der Waals surface area contributed by atoms with Gasteiger partial charge in [-0.15, -0.1) is 0 Å². The van der Waals surface area contributed by atoms with Crippen LogP contribution in [-0.2, 0) is 0 Å². The summed E-state index contributed by atoms with van der Waals surface area (Å²) in [7, 11) is 3.14. The fraction of sp³-hybridized carbons (Fsp3) is 0.120. The molecule has 4 aromatic rings. The monoisotopic (exact) mass is 413 g/mol. The lowest BCUT2D eigenvalue weighted by Crippen LogP contribution is -2.13. The van der Waals surface area contributed by atoms with Crippen LogP contribution in [0.4, 0.5) is 5.69 Å². The Bertz CT molecular complexity index is 1220. The Morgan fingerprint density at radius 3 is 2.39 bits per heavy atom. The maximum atomic E-state index is 13.3. The van der Waals surface area contributed by atoms with Gasteiger partial charge in [0.15, 0.2) is 0 Å². The molecule has 3 aromatic carbocycles. The molecule has 31 heavy (non-hydrogen) atoms. The average Bonchev–Trinajstić information content (AvgIpc) is 3.25. The van der Waals surface area contributed by atoms with Gasteiger partial charge in [0.1, 0.15) is 17.2 Å². The number of para-hydroxylation sites is 1. The quantitative estimate of drug-likeness (QED) is 0.477. The first kappa shape index (κ1) is 20.2. The number of ether oxygens (including phenoxy) is 2. The predicted octanol–water partition coefficient (Wildman–Crippen LogP) is 5.12. The number of aromatic nitrogens is 2. The van der Waals surface area contributed by atoms with Gasteiger partial charge in [0.2, 0.25) is 0 Å². The molecular weight excluding hydrogens is 390 g/mol. The van der Waals surface area contributed by atoms with Gasteiger partial charge in [-0.2, -0.15) is 5.10 Å². The summed E-state index contributed by atoms with van der Waals surface area (Å²) in [6, 6.07) is 22.9. The number of aryl methyl sites for hydroxylation is 1. The highest BCUT2D eigenvalue weighted by atomic mass is 16.5. The molecule has 0 radical (unpaired) electrons. The largest absolute Gasteiger partial charge is 0.497 e. The van der Waals surface area contributed by atoms with E-state index in [2.05, 4.69) is 5.32 Å². The van der Waals surface area contributed by atoms with Crippen LogP contribution in [-0.4, -0.2) is 29.9 Å². The number of nitrogens with one attached hydrogen (secondary N) is 1. The highest BCUT2D eigenvalue weighted by Gasteiger charge is 2.21. The normalized spacial score (nSPS) is 10.5. The van der Waals surface area contributed by atoms with Crippen LogP contribution in [0.15, 0.2) is 79.0 Å². The SMILES string of the molecule is COc1ccc(NC(=O)c2cn(-c3ccccc3)nc2-c2ccccc2C)c(OC)c1. The highest BCUT2D eigenvalue weighted by Crippen LogP contribution is 2.31. The van der Waals surface area contributed by atoms with Gasteiger partial charge in [-0.05, 0) is 36.8 Å². The van der Waals surface area contributed by atoms with Crippen LogP contribution < -0.4 is 14.8 Å². The number of carbonyl (C=O) groups is 1. The summed E-state index contributed by atoms with van der Waals surface area (Å²) in [6.45, 7) is 2.01. The van der Waals surface area contributed by atoms with E-state index in [0.717, 1.165) is 16.8 Å². The Hall–Kier alpha value is -4.06. The first-order valence-corrected chi connectivity index (χ1v) is 9.85. The van der Waals surface area contributed by atoms with Crippen molar-refractivity contribution in [3.05, 3.63) is 90.1 Å². The Morgan fingerprint density at radius 2 is 1.68 bits per heavy atom. The average molecular weight is 413 g/mol. The summed E-state index contributed by atoms with van der Waals surface area (Å²) in [5.41, 5.74) is 4.46. The molecule has 0 unspecified atom stereocenters. The predicted molar refractivity (Wildman–Crippen MR) is 121 cm³/mol. The fourth-order valence-corrected chi connectivity index (χ4v) is 3.38. The molecule has 0 bridgehead atoms. The lowest BCUT2D eigenvalue weighted by Gasteiger charge is -2.12. The minimum atomic E-state index is -0.274. The van der Waals surface area contributed by atoms with Gasteiger partial charge in [0.25, 0.3) is 5.91 Å². The highest BCUT2D eigenvalue weighted by molar-refractivity contribution is 6.08. The minimum Gasteiger partial charge on any atom is -0.497 e. The molecule has 4 rings (SSSR count). The number of carbonyl (C=O) groups excluding carboxylic acids is 1. The van der Waals surface area contributed by atoms with E-state index in [1.807, 2.05) is 61.5 Å². The zero-order chi connectivity index (χ0) is 21.8. The first-order chi connectivity index (χ1) is 15.1. The van der Waals surface area contributed by atoms with E-state index in [4.69, 9.17) is 14.6 Å². The molecule has 156 valence electrons. The molecular formula is C25H23N3O3. The molecule has 0 atom stereocenters. The smallest absolute Gasteiger partial charge is 0.259 e. The van der Waals surface area contributed by atoms with Crippen LogP contribution in [0.1, 0.15) is 15.9 Å². The van der Waals surface area contributed by atoms with Gasteiger partial charge in [0, 0.05) is 17.8 Å². The molecule has 0 spiro atoms. The van der Waals surface area contributed by atoms with Crippen molar-refractivity contribution in [2.75, 3.05) is 19.5 Å². The van der Waals surface area contributed by atoms with Crippen molar-refractivity contribution < 1.29 is 14.3 Å². The van der Waals surface area contributed by atoms with Crippen molar-refractivity contribution in [1.82, 2.24) is 9.78 Å². The lowest BCUT2D eigenvalue weighted by atomic mass is 10.0. The third kappa shape index (κ3) is 4.14. The molecule has 0 saturated carbocycles. The molecule has 0 aliphatic carbocycles. The van der Waals surface area contributed by atoms with E-state index in [1.165, 1.54) is 0 Å². The van der Waals surface area contributed by atoms with Crippen molar-refractivity contribution in [3.63, 3.8) is 0 Å². The van der Waals surface area contributed by atoms with Gasteiger partial charge in [-0.25, -0.2) is 4.68 Å². The molecule has 1 amide bonds. The Balaban J connectivity index is 1.77. The summed E-state index contributed by atoms with van der Waals surface area (Å²) in [5, 5.41) is 7.70. The number of amides is 1. The molecule has 1 aromatic heterocycles. The number of methoxy groups -OCH3 is 2.